The maximum Gasteiger partial charge on any atom is 0.338 e. The molecule has 1 heterocycles. The van der Waals surface area contributed by atoms with Crippen LogP contribution in [-0.2, 0) is 29.5 Å². The quantitative estimate of drug-likeness (QED) is 0.616. The van der Waals surface area contributed by atoms with Crippen molar-refractivity contribution in [1.82, 2.24) is 0 Å². The zero-order valence-electron chi connectivity index (χ0n) is 12.0. The normalized spacial score (nSPS) is 20.0. The van der Waals surface area contributed by atoms with Gasteiger partial charge in [0, 0.05) is 19.5 Å². The zero-order chi connectivity index (χ0) is 15.8. The molecular weight excluding hydrogens is 274 g/mol. The number of rotatable bonds is 3. The van der Waals surface area contributed by atoms with Gasteiger partial charge in [0.1, 0.15) is 0 Å². The van der Waals surface area contributed by atoms with Crippen LogP contribution in [0.1, 0.15) is 12.5 Å². The molecule has 0 spiro atoms. The Morgan fingerprint density at radius 2 is 1.90 bits per heavy atom. The largest absolute Gasteiger partial charge is 0.466 e. The number of carbonyl (C=O) groups is 3. The number of anilines is 1. The van der Waals surface area contributed by atoms with Crippen molar-refractivity contribution in [2.24, 2.45) is 0 Å². The highest BCUT2D eigenvalue weighted by molar-refractivity contribution is 6.14. The van der Waals surface area contributed by atoms with Crippen molar-refractivity contribution in [3.63, 3.8) is 0 Å². The Labute approximate surface area is 121 Å². The lowest BCUT2D eigenvalue weighted by molar-refractivity contribution is -0.163. The Morgan fingerprint density at radius 1 is 1.29 bits per heavy atom. The molecule has 0 aliphatic carbocycles. The summed E-state index contributed by atoms with van der Waals surface area (Å²) in [5.41, 5.74) is -1.16. The predicted octanol–water partition coefficient (Wildman–Crippen LogP) is 1.15. The second-order valence-corrected chi connectivity index (χ2v) is 4.63. The lowest BCUT2D eigenvalue weighted by Gasteiger charge is -2.28. The van der Waals surface area contributed by atoms with Crippen molar-refractivity contribution < 1.29 is 23.9 Å². The predicted molar refractivity (Wildman–Crippen MR) is 74.5 cm³/mol. The molecule has 0 saturated heterocycles. The SMILES string of the molecule is C=C(C(=O)OC)C1(OC(C)=O)C(=O)N(C)c2ccccc21. The van der Waals surface area contributed by atoms with Gasteiger partial charge in [-0.3, -0.25) is 9.59 Å². The molecule has 1 amide bonds. The summed E-state index contributed by atoms with van der Waals surface area (Å²) in [4.78, 5) is 37.3. The fraction of sp³-hybridized carbons (Fsp3) is 0.267. The molecule has 0 saturated carbocycles. The summed E-state index contributed by atoms with van der Waals surface area (Å²) in [7, 11) is 2.71. The number of para-hydroxylation sites is 1. The van der Waals surface area contributed by atoms with E-state index < -0.39 is 23.4 Å². The van der Waals surface area contributed by atoms with Crippen LogP contribution < -0.4 is 4.90 Å². The summed E-state index contributed by atoms with van der Waals surface area (Å²) < 4.78 is 9.89. The Kier molecular flexibility index (Phi) is 3.55. The van der Waals surface area contributed by atoms with E-state index in [1.54, 1.807) is 24.3 Å². The molecule has 0 N–H and O–H groups in total. The Balaban J connectivity index is 2.71. The Bertz CT molecular complexity index is 651. The molecule has 1 unspecified atom stereocenters. The smallest absolute Gasteiger partial charge is 0.338 e. The first-order valence-corrected chi connectivity index (χ1v) is 6.21. The van der Waals surface area contributed by atoms with Crippen LogP contribution in [0.2, 0.25) is 0 Å². The van der Waals surface area contributed by atoms with Gasteiger partial charge in [-0.1, -0.05) is 24.8 Å². The van der Waals surface area contributed by atoms with Crippen molar-refractivity contribution in [2.75, 3.05) is 19.1 Å². The minimum absolute atomic E-state index is 0.234. The van der Waals surface area contributed by atoms with Gasteiger partial charge in [0.15, 0.2) is 0 Å². The van der Waals surface area contributed by atoms with E-state index in [1.165, 1.54) is 26.0 Å². The molecule has 0 fully saturated rings. The molecule has 6 heteroatoms. The number of hydrogen-bond donors (Lipinski definition) is 0. The minimum Gasteiger partial charge on any atom is -0.466 e. The van der Waals surface area contributed by atoms with Gasteiger partial charge < -0.3 is 14.4 Å². The number of esters is 2. The van der Waals surface area contributed by atoms with Gasteiger partial charge in [0.05, 0.1) is 18.4 Å². The van der Waals surface area contributed by atoms with Crippen LogP contribution in [0.5, 0.6) is 0 Å². The fourth-order valence-corrected chi connectivity index (χ4v) is 2.46. The molecule has 21 heavy (non-hydrogen) atoms. The number of fused-ring (bicyclic) bond motifs is 1. The van der Waals surface area contributed by atoms with Crippen LogP contribution >= 0.6 is 0 Å². The van der Waals surface area contributed by atoms with Gasteiger partial charge in [-0.25, -0.2) is 4.79 Å². The molecule has 0 aromatic heterocycles. The van der Waals surface area contributed by atoms with Crippen LogP contribution in [-0.4, -0.2) is 32.0 Å². The van der Waals surface area contributed by atoms with E-state index in [-0.39, 0.29) is 5.57 Å². The summed E-state index contributed by atoms with van der Waals surface area (Å²) in [6.45, 7) is 4.78. The number of nitrogens with zero attached hydrogens (tertiary/aromatic N) is 1. The Morgan fingerprint density at radius 3 is 2.48 bits per heavy atom. The number of likely N-dealkylation sites (N-methyl/N-ethyl adjacent to an activating group) is 1. The number of amides is 1. The number of ether oxygens (including phenoxy) is 2. The van der Waals surface area contributed by atoms with Gasteiger partial charge in [-0.2, -0.15) is 0 Å². The highest BCUT2D eigenvalue weighted by atomic mass is 16.6. The lowest BCUT2D eigenvalue weighted by atomic mass is 9.87. The van der Waals surface area contributed by atoms with Gasteiger partial charge in [-0.05, 0) is 6.07 Å². The van der Waals surface area contributed by atoms with Crippen molar-refractivity contribution in [2.45, 2.75) is 12.5 Å². The molecule has 1 atom stereocenters. The molecule has 0 bridgehead atoms. The Hall–Kier alpha value is -2.63. The highest BCUT2D eigenvalue weighted by Crippen LogP contribution is 2.46. The van der Waals surface area contributed by atoms with Crippen molar-refractivity contribution in [1.29, 1.82) is 0 Å². The van der Waals surface area contributed by atoms with Crippen LogP contribution in [0, 0.1) is 0 Å². The number of carbonyl (C=O) groups excluding carboxylic acids is 3. The van der Waals surface area contributed by atoms with Gasteiger partial charge in [0.2, 0.25) is 5.60 Å². The molecule has 1 aromatic rings. The maximum absolute atomic E-state index is 12.7. The number of benzene rings is 1. The van der Waals surface area contributed by atoms with Crippen LogP contribution in [0.4, 0.5) is 5.69 Å². The van der Waals surface area contributed by atoms with E-state index in [1.807, 2.05) is 0 Å². The third kappa shape index (κ3) is 1.99. The third-order valence-corrected chi connectivity index (χ3v) is 3.40. The standard InChI is InChI=1S/C15H15NO5/c1-9(13(18)20-4)15(21-10(2)17)11-7-5-6-8-12(11)16(3)14(15)19/h5-8H,1H2,2-4H3. The molecule has 110 valence electrons. The van der Waals surface area contributed by atoms with Gasteiger partial charge in [0.25, 0.3) is 5.91 Å². The van der Waals surface area contributed by atoms with Crippen LogP contribution in [0.25, 0.3) is 0 Å². The van der Waals surface area contributed by atoms with E-state index in [9.17, 15) is 14.4 Å². The minimum atomic E-state index is -1.87. The second kappa shape index (κ2) is 5.05. The summed E-state index contributed by atoms with van der Waals surface area (Å²) >= 11 is 0. The highest BCUT2D eigenvalue weighted by Gasteiger charge is 2.57. The molecule has 2 rings (SSSR count). The van der Waals surface area contributed by atoms with Gasteiger partial charge >= 0.3 is 11.9 Å². The molecule has 1 aliphatic rings. The summed E-state index contributed by atoms with van der Waals surface area (Å²) in [5, 5.41) is 0. The zero-order valence-corrected chi connectivity index (χ0v) is 12.0. The van der Waals surface area contributed by atoms with Crippen LogP contribution in [0.3, 0.4) is 0 Å². The third-order valence-electron chi connectivity index (χ3n) is 3.40. The molecule has 1 aliphatic heterocycles. The van der Waals surface area contributed by atoms with E-state index in [0.29, 0.717) is 11.3 Å². The first-order valence-electron chi connectivity index (χ1n) is 6.21. The van der Waals surface area contributed by atoms with Crippen LogP contribution in [0.15, 0.2) is 36.4 Å². The van der Waals surface area contributed by atoms with Gasteiger partial charge in [-0.15, -0.1) is 0 Å². The molecular formula is C15H15NO5. The molecule has 1 aromatic carbocycles. The topological polar surface area (TPSA) is 72.9 Å². The first kappa shape index (κ1) is 14.8. The average Bonchev–Trinajstić information content (AvgIpc) is 2.68. The van der Waals surface area contributed by atoms with E-state index >= 15 is 0 Å². The average molecular weight is 289 g/mol. The summed E-state index contributed by atoms with van der Waals surface area (Å²) in [6, 6.07) is 6.75. The number of hydrogen-bond acceptors (Lipinski definition) is 5. The number of methoxy groups -OCH3 is 1. The summed E-state index contributed by atoms with van der Waals surface area (Å²) in [6.07, 6.45) is 0. The van der Waals surface area contributed by atoms with E-state index in [0.717, 1.165) is 0 Å². The molecule has 0 radical (unpaired) electrons. The lowest BCUT2D eigenvalue weighted by Crippen LogP contribution is -2.45. The second-order valence-electron chi connectivity index (χ2n) is 4.63. The first-order chi connectivity index (χ1) is 9.86. The monoisotopic (exact) mass is 289 g/mol. The van der Waals surface area contributed by atoms with Crippen molar-refractivity contribution in [3.8, 4) is 0 Å². The maximum atomic E-state index is 12.7. The summed E-state index contributed by atoms with van der Waals surface area (Å²) in [5.74, 6) is -2.07. The van der Waals surface area contributed by atoms with Crippen molar-refractivity contribution >= 4 is 23.5 Å². The molecule has 6 nitrogen and oxygen atoms in total. The fourth-order valence-electron chi connectivity index (χ4n) is 2.46. The van der Waals surface area contributed by atoms with E-state index in [4.69, 9.17) is 4.74 Å². The van der Waals surface area contributed by atoms with Crippen molar-refractivity contribution in [3.05, 3.63) is 42.0 Å². The van der Waals surface area contributed by atoms with E-state index in [2.05, 4.69) is 11.3 Å².